The van der Waals surface area contributed by atoms with E-state index < -0.39 is 15.8 Å². The van der Waals surface area contributed by atoms with Crippen molar-refractivity contribution in [3.8, 4) is 0 Å². The molecule has 0 aliphatic carbocycles. The zero-order chi connectivity index (χ0) is 15.0. The molecule has 1 aromatic heterocycles. The minimum Gasteiger partial charge on any atom is -0.323 e. The summed E-state index contributed by atoms with van der Waals surface area (Å²) in [6.45, 7) is 1.54. The third-order valence-corrected chi connectivity index (χ3v) is 4.55. The first-order chi connectivity index (χ1) is 9.95. The number of fused-ring (bicyclic) bond motifs is 1. The number of nitrogens with one attached hydrogen (secondary N) is 2. The molecule has 0 aliphatic heterocycles. The standard InChI is InChI=1S/C14H12FN3O2S/c1-9-8-10(15)6-7-13(9)21(19,20)18-14-16-11-4-2-3-5-12(11)17-14/h2-8H,1H3,(H2,16,17,18). The molecule has 3 rings (SSSR count). The van der Waals surface area contributed by atoms with Crippen molar-refractivity contribution in [2.75, 3.05) is 4.72 Å². The normalized spacial score (nSPS) is 11.7. The summed E-state index contributed by atoms with van der Waals surface area (Å²) in [5.74, 6) is -0.352. The fraction of sp³-hybridized carbons (Fsp3) is 0.0714. The third kappa shape index (κ3) is 2.59. The average molecular weight is 305 g/mol. The van der Waals surface area contributed by atoms with Gasteiger partial charge in [-0.3, -0.25) is 0 Å². The fourth-order valence-electron chi connectivity index (χ4n) is 2.10. The van der Waals surface area contributed by atoms with E-state index in [1.807, 2.05) is 12.1 Å². The van der Waals surface area contributed by atoms with Crippen LogP contribution in [-0.2, 0) is 10.0 Å². The van der Waals surface area contributed by atoms with Crippen LogP contribution in [-0.4, -0.2) is 18.4 Å². The Morgan fingerprint density at radius 2 is 1.95 bits per heavy atom. The first-order valence-corrected chi connectivity index (χ1v) is 7.68. The van der Waals surface area contributed by atoms with Crippen molar-refractivity contribution in [3.05, 3.63) is 53.8 Å². The number of halogens is 1. The minimum atomic E-state index is -3.82. The summed E-state index contributed by atoms with van der Waals surface area (Å²) in [6, 6.07) is 10.7. The molecule has 0 radical (unpaired) electrons. The number of hydrogen-bond donors (Lipinski definition) is 2. The number of anilines is 1. The number of H-pyrrole nitrogens is 1. The largest absolute Gasteiger partial charge is 0.323 e. The number of sulfonamides is 1. The average Bonchev–Trinajstić information content (AvgIpc) is 2.79. The van der Waals surface area contributed by atoms with Gasteiger partial charge in [-0.25, -0.2) is 22.5 Å². The molecule has 0 atom stereocenters. The highest BCUT2D eigenvalue weighted by atomic mass is 32.2. The van der Waals surface area contributed by atoms with Gasteiger partial charge < -0.3 is 4.98 Å². The highest BCUT2D eigenvalue weighted by molar-refractivity contribution is 7.92. The summed E-state index contributed by atoms with van der Waals surface area (Å²) in [5, 5.41) is 0. The maximum absolute atomic E-state index is 13.1. The molecule has 108 valence electrons. The van der Waals surface area contributed by atoms with Crippen molar-refractivity contribution in [3.63, 3.8) is 0 Å². The van der Waals surface area contributed by atoms with E-state index in [1.165, 1.54) is 19.1 Å². The van der Waals surface area contributed by atoms with Crippen LogP contribution in [0.15, 0.2) is 47.4 Å². The molecule has 0 bridgehead atoms. The molecule has 1 heterocycles. The Morgan fingerprint density at radius 1 is 1.19 bits per heavy atom. The van der Waals surface area contributed by atoms with Crippen molar-refractivity contribution < 1.29 is 12.8 Å². The lowest BCUT2D eigenvalue weighted by molar-refractivity contribution is 0.598. The minimum absolute atomic E-state index is 0.0179. The van der Waals surface area contributed by atoms with Gasteiger partial charge in [0.1, 0.15) is 5.82 Å². The number of rotatable bonds is 3. The monoisotopic (exact) mass is 305 g/mol. The van der Waals surface area contributed by atoms with Gasteiger partial charge in [-0.1, -0.05) is 12.1 Å². The first-order valence-electron chi connectivity index (χ1n) is 6.19. The number of aryl methyl sites for hydroxylation is 1. The molecule has 0 saturated carbocycles. The topological polar surface area (TPSA) is 74.8 Å². The number of hydrogen-bond acceptors (Lipinski definition) is 3. The maximum Gasteiger partial charge on any atom is 0.264 e. The lowest BCUT2D eigenvalue weighted by atomic mass is 10.2. The molecular formula is C14H12FN3O2S. The Morgan fingerprint density at radius 3 is 2.67 bits per heavy atom. The molecule has 2 N–H and O–H groups in total. The van der Waals surface area contributed by atoms with Gasteiger partial charge in [0.05, 0.1) is 15.9 Å². The second-order valence-electron chi connectivity index (χ2n) is 4.62. The van der Waals surface area contributed by atoms with Crippen molar-refractivity contribution in [1.29, 1.82) is 0 Å². The molecule has 3 aromatic rings. The quantitative estimate of drug-likeness (QED) is 0.781. The van der Waals surface area contributed by atoms with Crippen molar-refractivity contribution in [1.82, 2.24) is 9.97 Å². The fourth-order valence-corrected chi connectivity index (χ4v) is 3.29. The highest BCUT2D eigenvalue weighted by Gasteiger charge is 2.18. The summed E-state index contributed by atoms with van der Waals surface area (Å²) in [5.41, 5.74) is 1.72. The zero-order valence-electron chi connectivity index (χ0n) is 11.1. The SMILES string of the molecule is Cc1cc(F)ccc1S(=O)(=O)Nc1nc2ccccc2[nH]1. The van der Waals surface area contributed by atoms with Crippen LogP contribution in [0.5, 0.6) is 0 Å². The van der Waals surface area contributed by atoms with Crippen molar-refractivity contribution in [2.24, 2.45) is 0 Å². The molecule has 0 unspecified atom stereocenters. The number of nitrogens with zero attached hydrogens (tertiary/aromatic N) is 1. The van der Waals surface area contributed by atoms with E-state index in [-0.39, 0.29) is 10.8 Å². The van der Waals surface area contributed by atoms with E-state index in [1.54, 1.807) is 12.1 Å². The van der Waals surface area contributed by atoms with E-state index in [2.05, 4.69) is 14.7 Å². The van der Waals surface area contributed by atoms with Crippen LogP contribution in [0.3, 0.4) is 0 Å². The van der Waals surface area contributed by atoms with Crippen LogP contribution < -0.4 is 4.72 Å². The van der Waals surface area contributed by atoms with Gasteiger partial charge in [0, 0.05) is 0 Å². The van der Waals surface area contributed by atoms with Crippen LogP contribution in [0, 0.1) is 12.7 Å². The van der Waals surface area contributed by atoms with Crippen LogP contribution in [0.4, 0.5) is 10.3 Å². The van der Waals surface area contributed by atoms with E-state index in [0.29, 0.717) is 11.1 Å². The summed E-state index contributed by atoms with van der Waals surface area (Å²) < 4.78 is 40.1. The van der Waals surface area contributed by atoms with Gasteiger partial charge in [0.15, 0.2) is 0 Å². The smallest absolute Gasteiger partial charge is 0.264 e. The lowest BCUT2D eigenvalue weighted by Gasteiger charge is -2.08. The molecule has 0 saturated heterocycles. The van der Waals surface area contributed by atoms with Gasteiger partial charge in [-0.2, -0.15) is 0 Å². The molecule has 0 amide bonds. The number of benzene rings is 2. The second-order valence-corrected chi connectivity index (χ2v) is 6.27. The predicted octanol–water partition coefficient (Wildman–Crippen LogP) is 2.81. The zero-order valence-corrected chi connectivity index (χ0v) is 11.9. The Kier molecular flexibility index (Phi) is 3.13. The first kappa shape index (κ1) is 13.6. The third-order valence-electron chi connectivity index (χ3n) is 3.05. The predicted molar refractivity (Wildman–Crippen MR) is 78.0 cm³/mol. The number of aromatic nitrogens is 2. The Hall–Kier alpha value is -2.41. The summed E-state index contributed by atoms with van der Waals surface area (Å²) in [4.78, 5) is 7.05. The molecule has 2 aromatic carbocycles. The van der Waals surface area contributed by atoms with Crippen molar-refractivity contribution >= 4 is 27.0 Å². The molecule has 21 heavy (non-hydrogen) atoms. The van der Waals surface area contributed by atoms with E-state index in [0.717, 1.165) is 11.6 Å². The second kappa shape index (κ2) is 4.85. The van der Waals surface area contributed by atoms with Crippen molar-refractivity contribution in [2.45, 2.75) is 11.8 Å². The maximum atomic E-state index is 13.1. The van der Waals surface area contributed by atoms with Gasteiger partial charge >= 0.3 is 0 Å². The molecular weight excluding hydrogens is 293 g/mol. The van der Waals surface area contributed by atoms with E-state index in [4.69, 9.17) is 0 Å². The highest BCUT2D eigenvalue weighted by Crippen LogP contribution is 2.20. The van der Waals surface area contributed by atoms with Gasteiger partial charge in [0.2, 0.25) is 5.95 Å². The molecule has 0 aliphatic rings. The Balaban J connectivity index is 1.99. The lowest BCUT2D eigenvalue weighted by Crippen LogP contribution is -2.15. The summed E-state index contributed by atoms with van der Waals surface area (Å²) >= 11 is 0. The summed E-state index contributed by atoms with van der Waals surface area (Å²) in [7, 11) is -3.82. The summed E-state index contributed by atoms with van der Waals surface area (Å²) in [6.07, 6.45) is 0. The van der Waals surface area contributed by atoms with Crippen LogP contribution in [0.25, 0.3) is 11.0 Å². The number of para-hydroxylation sites is 2. The van der Waals surface area contributed by atoms with E-state index in [9.17, 15) is 12.8 Å². The number of imidazole rings is 1. The van der Waals surface area contributed by atoms with Gasteiger partial charge in [-0.15, -0.1) is 0 Å². The van der Waals surface area contributed by atoms with Gasteiger partial charge in [-0.05, 0) is 42.8 Å². The molecule has 7 heteroatoms. The van der Waals surface area contributed by atoms with Crippen LogP contribution >= 0.6 is 0 Å². The molecule has 0 fully saturated rings. The molecule has 5 nitrogen and oxygen atoms in total. The Bertz CT molecular complexity index is 886. The van der Waals surface area contributed by atoms with Crippen LogP contribution in [0.1, 0.15) is 5.56 Å². The van der Waals surface area contributed by atoms with E-state index >= 15 is 0 Å². The molecule has 0 spiro atoms. The Labute approximate surface area is 120 Å². The van der Waals surface area contributed by atoms with Gasteiger partial charge in [0.25, 0.3) is 10.0 Å². The van der Waals surface area contributed by atoms with Crippen LogP contribution in [0.2, 0.25) is 0 Å². The number of aromatic amines is 1.